The zero-order valence-electron chi connectivity index (χ0n) is 11.1. The molecule has 0 bridgehead atoms. The van der Waals surface area contributed by atoms with Crippen molar-refractivity contribution >= 4 is 5.91 Å². The SMILES string of the molecule is CC(C(=O)NCc1ccco1)N(CCC#N)C1CC1. The summed E-state index contributed by atoms with van der Waals surface area (Å²) < 4.78 is 5.18. The Kier molecular flexibility index (Phi) is 4.58. The van der Waals surface area contributed by atoms with Crippen molar-refractivity contribution in [3.8, 4) is 6.07 Å². The summed E-state index contributed by atoms with van der Waals surface area (Å²) in [6.45, 7) is 2.97. The van der Waals surface area contributed by atoms with Gasteiger partial charge in [0.25, 0.3) is 0 Å². The second-order valence-corrected chi connectivity index (χ2v) is 4.85. The third-order valence-corrected chi connectivity index (χ3v) is 3.39. The van der Waals surface area contributed by atoms with Crippen LogP contribution in [-0.2, 0) is 11.3 Å². The van der Waals surface area contributed by atoms with Gasteiger partial charge in [-0.2, -0.15) is 5.26 Å². The summed E-state index contributed by atoms with van der Waals surface area (Å²) in [5, 5.41) is 11.5. The minimum atomic E-state index is -0.198. The Labute approximate surface area is 113 Å². The molecule has 1 N–H and O–H groups in total. The van der Waals surface area contributed by atoms with Gasteiger partial charge in [-0.15, -0.1) is 0 Å². The minimum Gasteiger partial charge on any atom is -0.467 e. The first kappa shape index (κ1) is 13.6. The molecule has 1 aromatic heterocycles. The van der Waals surface area contributed by atoms with Gasteiger partial charge in [0.1, 0.15) is 5.76 Å². The van der Waals surface area contributed by atoms with E-state index in [9.17, 15) is 4.79 Å². The molecule has 1 saturated carbocycles. The standard InChI is InChI=1S/C14H19N3O2/c1-11(17(8-3-7-15)12-5-6-12)14(18)16-10-13-4-2-9-19-13/h2,4,9,11-12H,3,5-6,8,10H2,1H3,(H,16,18). The van der Waals surface area contributed by atoms with E-state index in [1.807, 2.05) is 13.0 Å². The van der Waals surface area contributed by atoms with Crippen LogP contribution in [0.3, 0.4) is 0 Å². The van der Waals surface area contributed by atoms with Crippen LogP contribution >= 0.6 is 0 Å². The van der Waals surface area contributed by atoms with Crippen LogP contribution in [0.1, 0.15) is 31.9 Å². The lowest BCUT2D eigenvalue weighted by Gasteiger charge is -2.27. The van der Waals surface area contributed by atoms with Crippen molar-refractivity contribution in [1.29, 1.82) is 5.26 Å². The van der Waals surface area contributed by atoms with Crippen molar-refractivity contribution in [2.45, 2.75) is 44.8 Å². The predicted molar refractivity (Wildman–Crippen MR) is 70.0 cm³/mol. The summed E-state index contributed by atoms with van der Waals surface area (Å²) >= 11 is 0. The van der Waals surface area contributed by atoms with Crippen molar-refractivity contribution in [2.75, 3.05) is 6.54 Å². The molecule has 0 spiro atoms. The van der Waals surface area contributed by atoms with E-state index in [-0.39, 0.29) is 11.9 Å². The Balaban J connectivity index is 1.83. The van der Waals surface area contributed by atoms with Crippen LogP contribution in [-0.4, -0.2) is 29.4 Å². The van der Waals surface area contributed by atoms with Crippen LogP contribution in [0.15, 0.2) is 22.8 Å². The molecule has 1 aromatic rings. The number of rotatable bonds is 7. The van der Waals surface area contributed by atoms with Crippen LogP contribution in [0.4, 0.5) is 0 Å². The number of hydrogen-bond acceptors (Lipinski definition) is 4. The molecule has 1 unspecified atom stereocenters. The second kappa shape index (κ2) is 6.39. The van der Waals surface area contributed by atoms with Gasteiger partial charge in [-0.1, -0.05) is 0 Å². The molecular formula is C14H19N3O2. The molecule has 0 radical (unpaired) electrons. The van der Waals surface area contributed by atoms with Gasteiger partial charge in [-0.3, -0.25) is 9.69 Å². The average Bonchev–Trinajstić information content (AvgIpc) is 3.12. The van der Waals surface area contributed by atoms with Gasteiger partial charge in [0.15, 0.2) is 0 Å². The normalized spacial score (nSPS) is 16.1. The molecule has 1 aliphatic rings. The quantitative estimate of drug-likeness (QED) is 0.810. The van der Waals surface area contributed by atoms with Crippen LogP contribution in [0, 0.1) is 11.3 Å². The summed E-state index contributed by atoms with van der Waals surface area (Å²) in [5.74, 6) is 0.733. The van der Waals surface area contributed by atoms with Crippen LogP contribution in [0.5, 0.6) is 0 Å². The largest absolute Gasteiger partial charge is 0.467 e. The van der Waals surface area contributed by atoms with E-state index in [2.05, 4.69) is 16.3 Å². The third-order valence-electron chi connectivity index (χ3n) is 3.39. The molecule has 1 amide bonds. The second-order valence-electron chi connectivity index (χ2n) is 4.85. The highest BCUT2D eigenvalue weighted by molar-refractivity contribution is 5.81. The van der Waals surface area contributed by atoms with Gasteiger partial charge in [-0.25, -0.2) is 0 Å². The number of nitriles is 1. The smallest absolute Gasteiger partial charge is 0.237 e. The highest BCUT2D eigenvalue weighted by Gasteiger charge is 2.34. The fourth-order valence-electron chi connectivity index (χ4n) is 2.16. The zero-order chi connectivity index (χ0) is 13.7. The Morgan fingerprint density at radius 3 is 3.05 bits per heavy atom. The Bertz CT molecular complexity index is 446. The van der Waals surface area contributed by atoms with E-state index in [1.54, 1.807) is 12.3 Å². The summed E-state index contributed by atoms with van der Waals surface area (Å²) in [6, 6.07) is 6.04. The highest BCUT2D eigenvalue weighted by Crippen LogP contribution is 2.28. The summed E-state index contributed by atoms with van der Waals surface area (Å²) in [7, 11) is 0. The zero-order valence-corrected chi connectivity index (χ0v) is 11.1. The molecular weight excluding hydrogens is 242 g/mol. The number of carbonyl (C=O) groups is 1. The molecule has 0 saturated heterocycles. The summed E-state index contributed by atoms with van der Waals surface area (Å²) in [6.07, 6.45) is 4.31. The number of furan rings is 1. The lowest BCUT2D eigenvalue weighted by Crippen LogP contribution is -2.46. The number of carbonyl (C=O) groups excluding carboxylic acids is 1. The number of amides is 1. The molecule has 2 rings (SSSR count). The van der Waals surface area contributed by atoms with E-state index >= 15 is 0 Å². The minimum absolute atomic E-state index is 0.0127. The van der Waals surface area contributed by atoms with E-state index in [1.165, 1.54) is 0 Å². The summed E-state index contributed by atoms with van der Waals surface area (Å²) in [4.78, 5) is 14.2. The summed E-state index contributed by atoms with van der Waals surface area (Å²) in [5.41, 5.74) is 0. The van der Waals surface area contributed by atoms with Crippen molar-refractivity contribution in [1.82, 2.24) is 10.2 Å². The molecule has 0 aromatic carbocycles. The molecule has 1 heterocycles. The Morgan fingerprint density at radius 2 is 2.47 bits per heavy atom. The lowest BCUT2D eigenvalue weighted by molar-refractivity contribution is -0.126. The van der Waals surface area contributed by atoms with Gasteiger partial charge >= 0.3 is 0 Å². The van der Waals surface area contributed by atoms with Gasteiger partial charge in [-0.05, 0) is 31.9 Å². The number of nitrogens with one attached hydrogen (secondary N) is 1. The monoisotopic (exact) mass is 261 g/mol. The first-order valence-electron chi connectivity index (χ1n) is 6.65. The van der Waals surface area contributed by atoms with Gasteiger partial charge < -0.3 is 9.73 Å². The first-order chi connectivity index (χ1) is 9.22. The molecule has 1 fully saturated rings. The molecule has 0 aliphatic heterocycles. The van der Waals surface area contributed by atoms with E-state index in [0.29, 0.717) is 25.6 Å². The van der Waals surface area contributed by atoms with Gasteiger partial charge in [0.05, 0.1) is 24.9 Å². The molecule has 5 nitrogen and oxygen atoms in total. The van der Waals surface area contributed by atoms with Gasteiger partial charge in [0.2, 0.25) is 5.91 Å². The van der Waals surface area contributed by atoms with Gasteiger partial charge in [0, 0.05) is 19.0 Å². The van der Waals surface area contributed by atoms with E-state index in [0.717, 1.165) is 18.6 Å². The van der Waals surface area contributed by atoms with Crippen LogP contribution < -0.4 is 5.32 Å². The molecule has 1 aliphatic carbocycles. The van der Waals surface area contributed by atoms with Crippen molar-refractivity contribution in [3.05, 3.63) is 24.2 Å². The predicted octanol–water partition coefficient (Wildman–Crippen LogP) is 1.66. The highest BCUT2D eigenvalue weighted by atomic mass is 16.3. The third kappa shape index (κ3) is 3.83. The fourth-order valence-corrected chi connectivity index (χ4v) is 2.16. The topological polar surface area (TPSA) is 69.3 Å². The fraction of sp³-hybridized carbons (Fsp3) is 0.571. The Morgan fingerprint density at radius 1 is 1.68 bits per heavy atom. The molecule has 102 valence electrons. The Hall–Kier alpha value is -1.80. The molecule has 5 heteroatoms. The first-order valence-corrected chi connectivity index (χ1v) is 6.65. The van der Waals surface area contributed by atoms with Crippen molar-refractivity contribution < 1.29 is 9.21 Å². The maximum Gasteiger partial charge on any atom is 0.237 e. The maximum atomic E-state index is 12.1. The van der Waals surface area contributed by atoms with Crippen LogP contribution in [0.25, 0.3) is 0 Å². The molecule has 19 heavy (non-hydrogen) atoms. The van der Waals surface area contributed by atoms with E-state index in [4.69, 9.17) is 9.68 Å². The number of hydrogen-bond donors (Lipinski definition) is 1. The van der Waals surface area contributed by atoms with E-state index < -0.39 is 0 Å². The average molecular weight is 261 g/mol. The lowest BCUT2D eigenvalue weighted by atomic mass is 10.2. The van der Waals surface area contributed by atoms with Crippen molar-refractivity contribution in [3.63, 3.8) is 0 Å². The number of nitrogens with zero attached hydrogens (tertiary/aromatic N) is 2. The van der Waals surface area contributed by atoms with Crippen molar-refractivity contribution in [2.24, 2.45) is 0 Å². The van der Waals surface area contributed by atoms with Crippen LogP contribution in [0.2, 0.25) is 0 Å². The maximum absolute atomic E-state index is 12.1. The molecule has 1 atom stereocenters.